The molecule has 0 aliphatic heterocycles. The first kappa shape index (κ1) is 23.8. The summed E-state index contributed by atoms with van der Waals surface area (Å²) < 4.78 is 5.63. The number of carboxylic acid groups (broad SMARTS) is 1. The Hall–Kier alpha value is -3.35. The Morgan fingerprint density at radius 3 is 2.18 bits per heavy atom. The van der Waals surface area contributed by atoms with Crippen LogP contribution in [-0.4, -0.2) is 41.8 Å². The van der Waals surface area contributed by atoms with Crippen LogP contribution in [0.15, 0.2) is 48.5 Å². The van der Waals surface area contributed by atoms with E-state index >= 15 is 0 Å². The molecule has 2 amide bonds. The molecule has 0 heterocycles. The van der Waals surface area contributed by atoms with Gasteiger partial charge in [-0.3, -0.25) is 9.59 Å². The fourth-order valence-corrected chi connectivity index (χ4v) is 5.07. The summed E-state index contributed by atoms with van der Waals surface area (Å²) >= 11 is 0. The molecule has 7 heteroatoms. The fraction of sp³-hybridized carbons (Fsp3) is 0.444. The number of ether oxygens (including phenoxy) is 1. The number of nitrogens with one attached hydrogen (secondary N) is 2. The van der Waals surface area contributed by atoms with Crippen LogP contribution in [0.1, 0.15) is 56.6 Å². The molecule has 3 atom stereocenters. The van der Waals surface area contributed by atoms with Gasteiger partial charge in [0.05, 0.1) is 5.92 Å². The SMILES string of the molecule is CC(C)[C@@H](CC(=O)N[C@H]1CC[C@@H](C(=O)O)C1)NC(=O)OCC1c2ccccc2-c2ccccc21. The molecule has 2 aromatic rings. The van der Waals surface area contributed by atoms with E-state index in [9.17, 15) is 14.4 Å². The lowest BCUT2D eigenvalue weighted by Gasteiger charge is -2.23. The number of hydrogen-bond acceptors (Lipinski definition) is 4. The van der Waals surface area contributed by atoms with Crippen molar-refractivity contribution in [3.8, 4) is 11.1 Å². The minimum absolute atomic E-state index is 0.0245. The minimum atomic E-state index is -0.811. The molecule has 0 bridgehead atoms. The standard InChI is InChI=1S/C27H32N2O5/c1-16(2)24(14-25(30)28-18-12-11-17(13-18)26(31)32)29-27(33)34-15-23-21-9-5-3-7-19(21)20-8-4-6-10-22(20)23/h3-10,16-18,23-24H,11-15H2,1-2H3,(H,28,30)(H,29,33)(H,31,32)/t17-,18+,24-/m1/s1. The number of amides is 2. The Balaban J connectivity index is 1.32. The van der Waals surface area contributed by atoms with E-state index in [0.717, 1.165) is 11.1 Å². The fourth-order valence-electron chi connectivity index (χ4n) is 5.07. The van der Waals surface area contributed by atoms with Crippen LogP contribution in [0.3, 0.4) is 0 Å². The Kier molecular flexibility index (Phi) is 7.20. The summed E-state index contributed by atoms with van der Waals surface area (Å²) in [6.45, 7) is 4.10. The summed E-state index contributed by atoms with van der Waals surface area (Å²) in [5, 5.41) is 14.9. The van der Waals surface area contributed by atoms with Crippen molar-refractivity contribution >= 4 is 18.0 Å². The molecule has 0 aromatic heterocycles. The Labute approximate surface area is 199 Å². The predicted molar refractivity (Wildman–Crippen MR) is 128 cm³/mol. The Bertz CT molecular complexity index is 1020. The van der Waals surface area contributed by atoms with Crippen LogP contribution in [0.25, 0.3) is 11.1 Å². The van der Waals surface area contributed by atoms with Crippen LogP contribution in [-0.2, 0) is 14.3 Å². The second-order valence-corrected chi connectivity index (χ2v) is 9.64. The molecule has 0 unspecified atom stereocenters. The van der Waals surface area contributed by atoms with Crippen molar-refractivity contribution < 1.29 is 24.2 Å². The van der Waals surface area contributed by atoms with Crippen molar-refractivity contribution in [3.05, 3.63) is 59.7 Å². The van der Waals surface area contributed by atoms with Crippen LogP contribution < -0.4 is 10.6 Å². The smallest absolute Gasteiger partial charge is 0.407 e. The lowest BCUT2D eigenvalue weighted by atomic mass is 9.98. The van der Waals surface area contributed by atoms with E-state index in [1.165, 1.54) is 11.1 Å². The molecule has 2 aliphatic rings. The van der Waals surface area contributed by atoms with E-state index < -0.39 is 18.0 Å². The molecular weight excluding hydrogens is 432 g/mol. The average molecular weight is 465 g/mol. The summed E-state index contributed by atoms with van der Waals surface area (Å²) in [4.78, 5) is 36.4. The summed E-state index contributed by atoms with van der Waals surface area (Å²) in [5.74, 6) is -1.39. The monoisotopic (exact) mass is 464 g/mol. The first-order valence-electron chi connectivity index (χ1n) is 12.0. The molecular formula is C27H32N2O5. The lowest BCUT2D eigenvalue weighted by Crippen LogP contribution is -2.44. The molecule has 1 saturated carbocycles. The summed E-state index contributed by atoms with van der Waals surface area (Å²) in [5.41, 5.74) is 4.63. The van der Waals surface area contributed by atoms with Gasteiger partial charge in [-0.1, -0.05) is 62.4 Å². The Morgan fingerprint density at radius 1 is 1.00 bits per heavy atom. The highest BCUT2D eigenvalue weighted by Crippen LogP contribution is 2.44. The molecule has 1 fully saturated rings. The zero-order valence-electron chi connectivity index (χ0n) is 19.6. The number of carboxylic acids is 1. The van der Waals surface area contributed by atoms with Gasteiger partial charge in [0, 0.05) is 24.4 Å². The van der Waals surface area contributed by atoms with Crippen LogP contribution >= 0.6 is 0 Å². The van der Waals surface area contributed by atoms with E-state index in [4.69, 9.17) is 9.84 Å². The number of alkyl carbamates (subject to hydrolysis) is 1. The highest BCUT2D eigenvalue weighted by molar-refractivity contribution is 5.80. The predicted octanol–water partition coefficient (Wildman–Crippen LogP) is 4.31. The number of fused-ring (bicyclic) bond motifs is 3. The second-order valence-electron chi connectivity index (χ2n) is 9.64. The molecule has 4 rings (SSSR count). The van der Waals surface area contributed by atoms with Gasteiger partial charge in [-0.2, -0.15) is 0 Å². The van der Waals surface area contributed by atoms with Gasteiger partial charge in [0.25, 0.3) is 0 Å². The van der Waals surface area contributed by atoms with Gasteiger partial charge in [-0.05, 0) is 47.4 Å². The number of aliphatic carboxylic acids is 1. The van der Waals surface area contributed by atoms with Gasteiger partial charge in [0.2, 0.25) is 5.91 Å². The van der Waals surface area contributed by atoms with E-state index in [-0.39, 0.29) is 42.9 Å². The second kappa shape index (κ2) is 10.3. The highest BCUT2D eigenvalue weighted by Gasteiger charge is 2.32. The van der Waals surface area contributed by atoms with Crippen LogP contribution in [0.4, 0.5) is 4.79 Å². The summed E-state index contributed by atoms with van der Waals surface area (Å²) in [6, 6.07) is 15.8. The van der Waals surface area contributed by atoms with Crippen LogP contribution in [0, 0.1) is 11.8 Å². The quantitative estimate of drug-likeness (QED) is 0.540. The lowest BCUT2D eigenvalue weighted by molar-refractivity contribution is -0.141. The number of carbonyl (C=O) groups is 3. The topological polar surface area (TPSA) is 105 Å². The van der Waals surface area contributed by atoms with Gasteiger partial charge in [-0.25, -0.2) is 4.79 Å². The number of benzene rings is 2. The molecule has 3 N–H and O–H groups in total. The average Bonchev–Trinajstić information content (AvgIpc) is 3.40. The first-order valence-corrected chi connectivity index (χ1v) is 12.0. The maximum atomic E-state index is 12.7. The molecule has 0 radical (unpaired) electrons. The van der Waals surface area contributed by atoms with Gasteiger partial charge in [0.1, 0.15) is 6.61 Å². The third kappa shape index (κ3) is 5.24. The third-order valence-electron chi connectivity index (χ3n) is 7.00. The van der Waals surface area contributed by atoms with E-state index in [0.29, 0.717) is 19.3 Å². The van der Waals surface area contributed by atoms with E-state index in [1.807, 2.05) is 38.1 Å². The zero-order valence-corrected chi connectivity index (χ0v) is 19.6. The van der Waals surface area contributed by atoms with Crippen molar-refractivity contribution in [2.45, 2.75) is 57.5 Å². The summed E-state index contributed by atoms with van der Waals surface area (Å²) in [7, 11) is 0. The van der Waals surface area contributed by atoms with Gasteiger partial charge in [0.15, 0.2) is 0 Å². The third-order valence-corrected chi connectivity index (χ3v) is 7.00. The largest absolute Gasteiger partial charge is 0.481 e. The summed E-state index contributed by atoms with van der Waals surface area (Å²) in [6.07, 6.45) is 1.27. The van der Waals surface area contributed by atoms with E-state index in [2.05, 4.69) is 34.9 Å². The van der Waals surface area contributed by atoms with Gasteiger partial charge in [-0.15, -0.1) is 0 Å². The van der Waals surface area contributed by atoms with Crippen LogP contribution in [0.5, 0.6) is 0 Å². The maximum absolute atomic E-state index is 12.7. The zero-order chi connectivity index (χ0) is 24.2. The molecule has 34 heavy (non-hydrogen) atoms. The van der Waals surface area contributed by atoms with Crippen molar-refractivity contribution in [2.24, 2.45) is 11.8 Å². The Morgan fingerprint density at radius 2 is 1.62 bits per heavy atom. The van der Waals surface area contributed by atoms with Crippen molar-refractivity contribution in [1.82, 2.24) is 10.6 Å². The normalized spacial score (nSPS) is 19.9. The maximum Gasteiger partial charge on any atom is 0.407 e. The first-order chi connectivity index (χ1) is 16.3. The number of rotatable bonds is 8. The highest BCUT2D eigenvalue weighted by atomic mass is 16.5. The number of hydrogen-bond donors (Lipinski definition) is 3. The van der Waals surface area contributed by atoms with Crippen molar-refractivity contribution in [2.75, 3.05) is 6.61 Å². The van der Waals surface area contributed by atoms with E-state index in [1.54, 1.807) is 0 Å². The van der Waals surface area contributed by atoms with Gasteiger partial charge >= 0.3 is 12.1 Å². The number of carbonyl (C=O) groups excluding carboxylic acids is 2. The minimum Gasteiger partial charge on any atom is -0.481 e. The van der Waals surface area contributed by atoms with Gasteiger partial charge < -0.3 is 20.5 Å². The molecule has 0 spiro atoms. The molecule has 2 aromatic carbocycles. The van der Waals surface area contributed by atoms with Crippen LogP contribution in [0.2, 0.25) is 0 Å². The molecule has 7 nitrogen and oxygen atoms in total. The molecule has 0 saturated heterocycles. The van der Waals surface area contributed by atoms with Crippen molar-refractivity contribution in [1.29, 1.82) is 0 Å². The molecule has 180 valence electrons. The van der Waals surface area contributed by atoms with Crippen molar-refractivity contribution in [3.63, 3.8) is 0 Å². The molecule has 2 aliphatic carbocycles.